The number of carbonyl (C=O) groups is 1. The summed E-state index contributed by atoms with van der Waals surface area (Å²) in [7, 11) is 0. The molecule has 0 spiro atoms. The lowest BCUT2D eigenvalue weighted by atomic mass is 10.2. The van der Waals surface area contributed by atoms with Crippen LogP contribution in [0, 0.1) is 0 Å². The van der Waals surface area contributed by atoms with E-state index >= 15 is 0 Å². The van der Waals surface area contributed by atoms with Crippen LogP contribution in [0.15, 0.2) is 44.9 Å². The standard InChI is InChI=1S/C12H6BrCl2NO2S/c13-6-3-10(15)11(16-5-6)19-7-1-2-9(14)8(4-7)12(17)18/h1-5H,(H,17,18). The minimum Gasteiger partial charge on any atom is -0.478 e. The highest BCUT2D eigenvalue weighted by molar-refractivity contribution is 9.10. The smallest absolute Gasteiger partial charge is 0.337 e. The average Bonchev–Trinajstić information content (AvgIpc) is 2.34. The molecule has 7 heteroatoms. The summed E-state index contributed by atoms with van der Waals surface area (Å²) in [6.45, 7) is 0. The fourth-order valence-corrected chi connectivity index (χ4v) is 3.06. The fourth-order valence-electron chi connectivity index (χ4n) is 1.32. The Balaban J connectivity index is 2.33. The van der Waals surface area contributed by atoms with Crippen LogP contribution in [0.1, 0.15) is 10.4 Å². The molecule has 1 aromatic carbocycles. The first-order valence-corrected chi connectivity index (χ1v) is 7.35. The van der Waals surface area contributed by atoms with E-state index in [4.69, 9.17) is 28.3 Å². The lowest BCUT2D eigenvalue weighted by Crippen LogP contribution is -1.97. The van der Waals surface area contributed by atoms with Gasteiger partial charge in [-0.05, 0) is 40.2 Å². The molecule has 0 aliphatic rings. The summed E-state index contributed by atoms with van der Waals surface area (Å²) in [5, 5.41) is 10.3. The van der Waals surface area contributed by atoms with E-state index in [9.17, 15) is 4.79 Å². The minimum atomic E-state index is -1.07. The Kier molecular flexibility index (Phi) is 4.73. The van der Waals surface area contributed by atoms with Crippen LogP contribution < -0.4 is 0 Å². The molecule has 0 atom stereocenters. The molecule has 1 aromatic heterocycles. The second-order valence-corrected chi connectivity index (χ2v) is 6.28. The second-order valence-electron chi connectivity index (χ2n) is 3.49. The molecule has 0 unspecified atom stereocenters. The number of pyridine rings is 1. The summed E-state index contributed by atoms with van der Waals surface area (Å²) in [5.41, 5.74) is 0.0555. The fraction of sp³-hybridized carbons (Fsp3) is 0. The van der Waals surface area contributed by atoms with Crippen molar-refractivity contribution >= 4 is 56.9 Å². The van der Waals surface area contributed by atoms with E-state index in [0.29, 0.717) is 14.9 Å². The highest BCUT2D eigenvalue weighted by Gasteiger charge is 2.11. The molecule has 0 aliphatic heterocycles. The Morgan fingerprint density at radius 1 is 1.26 bits per heavy atom. The predicted octanol–water partition coefficient (Wildman–Crippen LogP) is 5.00. The quantitative estimate of drug-likeness (QED) is 0.816. The van der Waals surface area contributed by atoms with Crippen LogP contribution in [0.5, 0.6) is 0 Å². The molecule has 0 saturated carbocycles. The molecular formula is C12H6BrCl2NO2S. The van der Waals surface area contributed by atoms with E-state index in [0.717, 1.165) is 4.47 Å². The number of benzene rings is 1. The number of rotatable bonds is 3. The van der Waals surface area contributed by atoms with Crippen molar-refractivity contribution in [2.24, 2.45) is 0 Å². The van der Waals surface area contributed by atoms with Crippen molar-refractivity contribution in [1.82, 2.24) is 4.98 Å². The van der Waals surface area contributed by atoms with Gasteiger partial charge < -0.3 is 5.11 Å². The van der Waals surface area contributed by atoms with Crippen molar-refractivity contribution < 1.29 is 9.90 Å². The number of aromatic nitrogens is 1. The number of carboxylic acids is 1. The minimum absolute atomic E-state index is 0.0555. The summed E-state index contributed by atoms with van der Waals surface area (Å²) in [5.74, 6) is -1.07. The van der Waals surface area contributed by atoms with Gasteiger partial charge in [-0.1, -0.05) is 35.0 Å². The molecule has 0 fully saturated rings. The molecule has 0 saturated heterocycles. The van der Waals surface area contributed by atoms with Crippen molar-refractivity contribution in [2.45, 2.75) is 9.92 Å². The first kappa shape index (κ1) is 14.7. The number of hydrogen-bond donors (Lipinski definition) is 1. The molecule has 19 heavy (non-hydrogen) atoms. The Morgan fingerprint density at radius 3 is 2.63 bits per heavy atom. The molecule has 0 aliphatic carbocycles. The summed E-state index contributed by atoms with van der Waals surface area (Å²) in [6.07, 6.45) is 1.63. The van der Waals surface area contributed by atoms with Crippen LogP contribution in [0.25, 0.3) is 0 Å². The van der Waals surface area contributed by atoms with Crippen molar-refractivity contribution in [2.75, 3.05) is 0 Å². The van der Waals surface area contributed by atoms with Gasteiger partial charge in [-0.2, -0.15) is 0 Å². The predicted molar refractivity (Wildman–Crippen MR) is 79.5 cm³/mol. The zero-order valence-electron chi connectivity index (χ0n) is 9.23. The molecule has 1 N–H and O–H groups in total. The van der Waals surface area contributed by atoms with Gasteiger partial charge in [0.25, 0.3) is 0 Å². The van der Waals surface area contributed by atoms with Gasteiger partial charge in [-0.25, -0.2) is 9.78 Å². The summed E-state index contributed by atoms with van der Waals surface area (Å²) < 4.78 is 0.782. The lowest BCUT2D eigenvalue weighted by Gasteiger charge is -2.05. The topological polar surface area (TPSA) is 50.2 Å². The van der Waals surface area contributed by atoms with Crippen LogP contribution in [0.4, 0.5) is 0 Å². The third kappa shape index (κ3) is 3.63. The Hall–Kier alpha value is -0.750. The highest BCUT2D eigenvalue weighted by Crippen LogP contribution is 2.34. The first-order chi connectivity index (χ1) is 8.97. The maximum Gasteiger partial charge on any atom is 0.337 e. The number of nitrogens with zero attached hydrogens (tertiary/aromatic N) is 1. The molecule has 0 radical (unpaired) electrons. The van der Waals surface area contributed by atoms with Crippen LogP contribution in [0.3, 0.4) is 0 Å². The molecule has 0 amide bonds. The largest absolute Gasteiger partial charge is 0.478 e. The van der Waals surface area contributed by atoms with Gasteiger partial charge in [0.2, 0.25) is 0 Å². The normalized spacial score (nSPS) is 10.5. The summed E-state index contributed by atoms with van der Waals surface area (Å²) in [4.78, 5) is 15.9. The van der Waals surface area contributed by atoms with Gasteiger partial charge in [0, 0.05) is 15.6 Å². The van der Waals surface area contributed by atoms with Gasteiger partial charge >= 0.3 is 5.97 Å². The van der Waals surface area contributed by atoms with Crippen molar-refractivity contribution in [3.8, 4) is 0 Å². The first-order valence-electron chi connectivity index (χ1n) is 4.99. The van der Waals surface area contributed by atoms with Crippen LogP contribution in [-0.2, 0) is 0 Å². The third-order valence-corrected chi connectivity index (χ3v) is 4.33. The Morgan fingerprint density at radius 2 is 2.00 bits per heavy atom. The molecule has 2 aromatic rings. The van der Waals surface area contributed by atoms with Gasteiger partial charge in [0.1, 0.15) is 5.03 Å². The van der Waals surface area contributed by atoms with Crippen LogP contribution >= 0.6 is 50.9 Å². The van der Waals surface area contributed by atoms with E-state index in [1.165, 1.54) is 17.8 Å². The van der Waals surface area contributed by atoms with E-state index in [1.54, 1.807) is 24.4 Å². The zero-order valence-corrected chi connectivity index (χ0v) is 13.1. The SMILES string of the molecule is O=C(O)c1cc(Sc2ncc(Br)cc2Cl)ccc1Cl. The van der Waals surface area contributed by atoms with Gasteiger partial charge in [0.05, 0.1) is 15.6 Å². The molecule has 98 valence electrons. The second kappa shape index (κ2) is 6.13. The summed E-state index contributed by atoms with van der Waals surface area (Å²) in [6, 6.07) is 6.49. The van der Waals surface area contributed by atoms with E-state index in [2.05, 4.69) is 20.9 Å². The number of halogens is 3. The number of hydrogen-bond acceptors (Lipinski definition) is 3. The average molecular weight is 379 g/mol. The maximum atomic E-state index is 11.0. The Bertz CT molecular complexity index is 652. The Labute approximate surface area is 132 Å². The number of carboxylic acid groups (broad SMARTS) is 1. The van der Waals surface area contributed by atoms with Gasteiger partial charge in [-0.3, -0.25) is 0 Å². The van der Waals surface area contributed by atoms with E-state index in [-0.39, 0.29) is 10.6 Å². The molecule has 2 rings (SSSR count). The molecule has 0 bridgehead atoms. The van der Waals surface area contributed by atoms with Gasteiger partial charge in [0.15, 0.2) is 0 Å². The highest BCUT2D eigenvalue weighted by atomic mass is 79.9. The molecule has 3 nitrogen and oxygen atoms in total. The molecular weight excluding hydrogens is 373 g/mol. The lowest BCUT2D eigenvalue weighted by molar-refractivity contribution is 0.0697. The van der Waals surface area contributed by atoms with E-state index < -0.39 is 5.97 Å². The monoisotopic (exact) mass is 377 g/mol. The summed E-state index contributed by atoms with van der Waals surface area (Å²) >= 11 is 16.4. The molecule has 1 heterocycles. The van der Waals surface area contributed by atoms with Crippen molar-refractivity contribution in [3.63, 3.8) is 0 Å². The van der Waals surface area contributed by atoms with Crippen LogP contribution in [0.2, 0.25) is 10.0 Å². The van der Waals surface area contributed by atoms with Gasteiger partial charge in [-0.15, -0.1) is 0 Å². The number of aromatic carboxylic acids is 1. The third-order valence-electron chi connectivity index (χ3n) is 2.16. The zero-order chi connectivity index (χ0) is 14.0. The van der Waals surface area contributed by atoms with Crippen molar-refractivity contribution in [3.05, 3.63) is 50.5 Å². The van der Waals surface area contributed by atoms with E-state index in [1.807, 2.05) is 0 Å². The maximum absolute atomic E-state index is 11.0. The van der Waals surface area contributed by atoms with Crippen LogP contribution in [-0.4, -0.2) is 16.1 Å². The van der Waals surface area contributed by atoms with Crippen molar-refractivity contribution in [1.29, 1.82) is 0 Å².